The molecule has 0 radical (unpaired) electrons. The lowest BCUT2D eigenvalue weighted by atomic mass is 10.1. The summed E-state index contributed by atoms with van der Waals surface area (Å²) >= 11 is 0. The van der Waals surface area contributed by atoms with Crippen LogP contribution in [0.1, 0.15) is 65.2 Å². The predicted molar refractivity (Wildman–Crippen MR) is 72.0 cm³/mol. The molecule has 1 atom stereocenters. The topological polar surface area (TPSA) is 9.23 Å². The Hall–Kier alpha value is 0.177. The van der Waals surface area contributed by atoms with Gasteiger partial charge in [0.25, 0.3) is 0 Å². The Bertz CT molecular complexity index is 126. The van der Waals surface area contributed by atoms with E-state index in [0.717, 1.165) is 0 Å². The van der Waals surface area contributed by atoms with E-state index < -0.39 is 9.04 Å². The lowest BCUT2D eigenvalue weighted by Gasteiger charge is -2.15. The van der Waals surface area contributed by atoms with E-state index in [2.05, 4.69) is 26.9 Å². The fourth-order valence-corrected chi connectivity index (χ4v) is 2.99. The van der Waals surface area contributed by atoms with E-state index >= 15 is 0 Å². The second-order valence-electron chi connectivity index (χ2n) is 4.91. The van der Waals surface area contributed by atoms with Crippen molar-refractivity contribution in [1.29, 1.82) is 0 Å². The van der Waals surface area contributed by atoms with Crippen LogP contribution < -0.4 is 0 Å². The molecule has 1 nitrogen and oxygen atoms in total. The summed E-state index contributed by atoms with van der Waals surface area (Å²) in [6.45, 7) is 9.00. The van der Waals surface area contributed by atoms with E-state index in [9.17, 15) is 0 Å². The van der Waals surface area contributed by atoms with Crippen molar-refractivity contribution in [3.05, 3.63) is 0 Å². The van der Waals surface area contributed by atoms with Crippen LogP contribution in [0.5, 0.6) is 0 Å². The molecule has 0 aromatic carbocycles. The molecule has 0 N–H and O–H groups in total. The largest absolute Gasteiger partial charge is 0.418 e. The molecule has 0 aliphatic rings. The van der Waals surface area contributed by atoms with E-state index in [1.807, 2.05) is 0 Å². The molecule has 0 spiro atoms. The Labute approximate surface area is 98.3 Å². The minimum absolute atomic E-state index is 0.507. The molecule has 15 heavy (non-hydrogen) atoms. The van der Waals surface area contributed by atoms with E-state index in [4.69, 9.17) is 4.43 Å². The lowest BCUT2D eigenvalue weighted by molar-refractivity contribution is 0.209. The molecule has 0 fully saturated rings. The Morgan fingerprint density at radius 1 is 0.933 bits per heavy atom. The van der Waals surface area contributed by atoms with Crippen molar-refractivity contribution in [2.45, 2.75) is 84.4 Å². The molecule has 0 bridgehead atoms. The van der Waals surface area contributed by atoms with Gasteiger partial charge in [0.15, 0.2) is 9.04 Å². The zero-order valence-corrected chi connectivity index (χ0v) is 12.4. The van der Waals surface area contributed by atoms with Crippen LogP contribution in [0.3, 0.4) is 0 Å². The predicted octanol–water partition coefficient (Wildman–Crippen LogP) is 4.52. The second kappa shape index (κ2) is 10.7. The molecule has 0 aliphatic heterocycles. The lowest BCUT2D eigenvalue weighted by Crippen LogP contribution is -2.17. The van der Waals surface area contributed by atoms with E-state index in [1.165, 1.54) is 51.4 Å². The smallest absolute Gasteiger partial charge is 0.171 e. The van der Waals surface area contributed by atoms with Gasteiger partial charge in [-0.1, -0.05) is 51.9 Å². The van der Waals surface area contributed by atoms with Crippen LogP contribution in [0.4, 0.5) is 0 Å². The average molecular weight is 230 g/mol. The third-order valence-corrected chi connectivity index (χ3v) is 3.73. The van der Waals surface area contributed by atoms with E-state index in [1.54, 1.807) is 0 Å². The van der Waals surface area contributed by atoms with Crippen LogP contribution >= 0.6 is 0 Å². The maximum atomic E-state index is 5.83. The summed E-state index contributed by atoms with van der Waals surface area (Å²) in [4.78, 5) is 0. The first-order chi connectivity index (χ1) is 7.16. The quantitative estimate of drug-likeness (QED) is 0.396. The zero-order chi connectivity index (χ0) is 11.5. The summed E-state index contributed by atoms with van der Waals surface area (Å²) in [6.07, 6.45) is 11.6. The maximum Gasteiger partial charge on any atom is 0.171 e. The molecule has 0 aromatic heterocycles. The van der Waals surface area contributed by atoms with Crippen molar-refractivity contribution < 1.29 is 4.43 Å². The summed E-state index contributed by atoms with van der Waals surface area (Å²) in [5, 5.41) is 0. The van der Waals surface area contributed by atoms with Gasteiger partial charge < -0.3 is 4.43 Å². The molecular weight excluding hydrogens is 200 g/mol. The van der Waals surface area contributed by atoms with Gasteiger partial charge in [0.1, 0.15) is 0 Å². The first kappa shape index (κ1) is 15.2. The highest BCUT2D eigenvalue weighted by Gasteiger charge is 2.04. The van der Waals surface area contributed by atoms with Gasteiger partial charge in [0, 0.05) is 6.10 Å². The van der Waals surface area contributed by atoms with Crippen LogP contribution in [0.2, 0.25) is 13.1 Å². The molecule has 0 amide bonds. The SMILES string of the molecule is CCCCCCCCCC(C)O[SiH](C)C. The monoisotopic (exact) mass is 230 g/mol. The van der Waals surface area contributed by atoms with Gasteiger partial charge >= 0.3 is 0 Å². The molecule has 92 valence electrons. The van der Waals surface area contributed by atoms with Crippen molar-refractivity contribution in [3.8, 4) is 0 Å². The molecule has 0 saturated carbocycles. The second-order valence-corrected chi connectivity index (χ2v) is 7.28. The maximum absolute atomic E-state index is 5.83. The third-order valence-electron chi connectivity index (χ3n) is 2.72. The van der Waals surface area contributed by atoms with Gasteiger partial charge in [-0.05, 0) is 26.4 Å². The van der Waals surface area contributed by atoms with Crippen LogP contribution in [0, 0.1) is 0 Å². The number of hydrogen-bond acceptors (Lipinski definition) is 1. The van der Waals surface area contributed by atoms with Crippen molar-refractivity contribution in [1.82, 2.24) is 0 Å². The van der Waals surface area contributed by atoms with Crippen molar-refractivity contribution in [2.24, 2.45) is 0 Å². The molecule has 0 aliphatic carbocycles. The summed E-state index contributed by atoms with van der Waals surface area (Å²) < 4.78 is 5.83. The Balaban J connectivity index is 3.09. The Morgan fingerprint density at radius 2 is 1.47 bits per heavy atom. The molecular formula is C13H30OSi. The van der Waals surface area contributed by atoms with Gasteiger partial charge in [0.2, 0.25) is 0 Å². The molecule has 0 rings (SSSR count). The van der Waals surface area contributed by atoms with Crippen LogP contribution in [-0.4, -0.2) is 15.1 Å². The van der Waals surface area contributed by atoms with Gasteiger partial charge in [0.05, 0.1) is 0 Å². The number of unbranched alkanes of at least 4 members (excludes halogenated alkanes) is 6. The van der Waals surface area contributed by atoms with Gasteiger partial charge in [-0.25, -0.2) is 0 Å². The average Bonchev–Trinajstić information content (AvgIpc) is 2.15. The van der Waals surface area contributed by atoms with Gasteiger partial charge in [-0.3, -0.25) is 0 Å². The van der Waals surface area contributed by atoms with Gasteiger partial charge in [-0.2, -0.15) is 0 Å². The third kappa shape index (κ3) is 12.1. The molecule has 1 unspecified atom stereocenters. The Morgan fingerprint density at radius 3 is 2.00 bits per heavy atom. The highest BCUT2D eigenvalue weighted by Crippen LogP contribution is 2.11. The first-order valence-electron chi connectivity index (χ1n) is 6.82. The molecule has 0 saturated heterocycles. The summed E-state index contributed by atoms with van der Waals surface area (Å²) in [5.74, 6) is 0. The standard InChI is InChI=1S/C13H30OSi/c1-5-6-7-8-9-10-11-12-13(2)14-15(3)4/h13,15H,5-12H2,1-4H3. The van der Waals surface area contributed by atoms with Crippen molar-refractivity contribution in [2.75, 3.05) is 0 Å². The highest BCUT2D eigenvalue weighted by atomic mass is 28.3. The molecule has 0 aromatic rings. The van der Waals surface area contributed by atoms with Crippen LogP contribution in [0.25, 0.3) is 0 Å². The number of hydrogen-bond donors (Lipinski definition) is 0. The number of rotatable bonds is 10. The highest BCUT2D eigenvalue weighted by molar-refractivity contribution is 6.48. The zero-order valence-electron chi connectivity index (χ0n) is 11.2. The van der Waals surface area contributed by atoms with Crippen molar-refractivity contribution in [3.63, 3.8) is 0 Å². The summed E-state index contributed by atoms with van der Waals surface area (Å²) in [5.41, 5.74) is 0. The molecule has 0 heterocycles. The Kier molecular flexibility index (Phi) is 10.8. The van der Waals surface area contributed by atoms with E-state index in [0.29, 0.717) is 6.10 Å². The fourth-order valence-electron chi connectivity index (χ4n) is 1.92. The van der Waals surface area contributed by atoms with Crippen LogP contribution in [-0.2, 0) is 4.43 Å². The minimum Gasteiger partial charge on any atom is -0.418 e. The molecule has 2 heteroatoms. The first-order valence-corrected chi connectivity index (χ1v) is 9.60. The fraction of sp³-hybridized carbons (Fsp3) is 1.00. The van der Waals surface area contributed by atoms with Crippen molar-refractivity contribution >= 4 is 9.04 Å². The summed E-state index contributed by atoms with van der Waals surface area (Å²) in [6, 6.07) is 0. The minimum atomic E-state index is -0.803. The van der Waals surface area contributed by atoms with Crippen LogP contribution in [0.15, 0.2) is 0 Å². The van der Waals surface area contributed by atoms with Gasteiger partial charge in [-0.15, -0.1) is 0 Å². The normalized spacial score (nSPS) is 13.4. The van der Waals surface area contributed by atoms with E-state index in [-0.39, 0.29) is 0 Å². The summed E-state index contributed by atoms with van der Waals surface area (Å²) in [7, 11) is -0.803.